The molecule has 0 spiro atoms. The van der Waals surface area contributed by atoms with E-state index in [4.69, 9.17) is 4.74 Å². The molecule has 0 unspecified atom stereocenters. The highest BCUT2D eigenvalue weighted by molar-refractivity contribution is 5.89. The second-order valence-corrected chi connectivity index (χ2v) is 4.46. The Labute approximate surface area is 107 Å². The number of carbonyl (C=O) groups is 1. The van der Waals surface area contributed by atoms with Gasteiger partial charge in [0, 0.05) is 37.4 Å². The number of nitrogens with one attached hydrogen (secondary N) is 2. The predicted octanol–water partition coefficient (Wildman–Crippen LogP) is 1.52. The maximum absolute atomic E-state index is 12.1. The monoisotopic (exact) mass is 249 g/mol. The lowest BCUT2D eigenvalue weighted by molar-refractivity contribution is 0.192. The summed E-state index contributed by atoms with van der Waals surface area (Å²) in [6.07, 6.45) is 0. The summed E-state index contributed by atoms with van der Waals surface area (Å²) in [5.41, 5.74) is 0.755. The molecule has 1 fully saturated rings. The van der Waals surface area contributed by atoms with E-state index in [0.29, 0.717) is 6.04 Å². The van der Waals surface area contributed by atoms with Crippen LogP contribution in [0.3, 0.4) is 0 Å². The average Bonchev–Trinajstić information content (AvgIpc) is 2.39. The summed E-state index contributed by atoms with van der Waals surface area (Å²) in [6, 6.07) is 7.65. The largest absolute Gasteiger partial charge is 0.497 e. The van der Waals surface area contributed by atoms with Gasteiger partial charge in [-0.05, 0) is 19.1 Å². The van der Waals surface area contributed by atoms with E-state index in [1.54, 1.807) is 7.11 Å². The average molecular weight is 249 g/mol. The van der Waals surface area contributed by atoms with Gasteiger partial charge in [-0.15, -0.1) is 0 Å². The normalized spacial score (nSPS) is 19.4. The molecule has 0 aliphatic carbocycles. The van der Waals surface area contributed by atoms with Crippen molar-refractivity contribution in [3.8, 4) is 5.75 Å². The number of benzene rings is 1. The molecule has 2 rings (SSSR count). The first-order valence-corrected chi connectivity index (χ1v) is 6.12. The van der Waals surface area contributed by atoms with Crippen LogP contribution in [0.4, 0.5) is 10.5 Å². The van der Waals surface area contributed by atoms with Crippen molar-refractivity contribution >= 4 is 11.7 Å². The van der Waals surface area contributed by atoms with Gasteiger partial charge in [0.15, 0.2) is 0 Å². The van der Waals surface area contributed by atoms with Crippen molar-refractivity contribution in [1.82, 2.24) is 10.2 Å². The minimum absolute atomic E-state index is 0.0587. The highest BCUT2D eigenvalue weighted by atomic mass is 16.5. The Morgan fingerprint density at radius 1 is 1.56 bits per heavy atom. The number of amides is 2. The van der Waals surface area contributed by atoms with E-state index in [9.17, 15) is 4.79 Å². The maximum atomic E-state index is 12.1. The van der Waals surface area contributed by atoms with E-state index in [1.807, 2.05) is 29.2 Å². The van der Waals surface area contributed by atoms with Crippen LogP contribution in [-0.4, -0.2) is 43.7 Å². The zero-order chi connectivity index (χ0) is 13.0. The summed E-state index contributed by atoms with van der Waals surface area (Å²) >= 11 is 0. The van der Waals surface area contributed by atoms with Crippen LogP contribution in [-0.2, 0) is 0 Å². The molecule has 1 heterocycles. The van der Waals surface area contributed by atoms with Crippen molar-refractivity contribution in [1.29, 1.82) is 0 Å². The Hall–Kier alpha value is -1.75. The topological polar surface area (TPSA) is 53.6 Å². The van der Waals surface area contributed by atoms with Crippen molar-refractivity contribution in [2.24, 2.45) is 0 Å². The Kier molecular flexibility index (Phi) is 4.04. The van der Waals surface area contributed by atoms with Gasteiger partial charge < -0.3 is 20.3 Å². The van der Waals surface area contributed by atoms with Crippen molar-refractivity contribution in [2.75, 3.05) is 32.1 Å². The highest BCUT2D eigenvalue weighted by Gasteiger charge is 2.20. The van der Waals surface area contributed by atoms with Crippen LogP contribution in [0.5, 0.6) is 5.75 Å². The van der Waals surface area contributed by atoms with Crippen molar-refractivity contribution < 1.29 is 9.53 Å². The quantitative estimate of drug-likeness (QED) is 0.835. The number of rotatable bonds is 2. The number of ether oxygens (including phenoxy) is 1. The molecule has 1 aliphatic heterocycles. The van der Waals surface area contributed by atoms with Gasteiger partial charge in [0.25, 0.3) is 0 Å². The molecular formula is C13H19N3O2. The molecule has 18 heavy (non-hydrogen) atoms. The SMILES string of the molecule is COc1cccc(NC(=O)N2CCN[C@@H](C)C2)c1. The zero-order valence-electron chi connectivity index (χ0n) is 10.8. The molecule has 2 amide bonds. The summed E-state index contributed by atoms with van der Waals surface area (Å²) < 4.78 is 5.12. The molecule has 1 aromatic rings. The number of hydrogen-bond donors (Lipinski definition) is 2. The molecular weight excluding hydrogens is 230 g/mol. The van der Waals surface area contributed by atoms with Crippen LogP contribution < -0.4 is 15.4 Å². The highest BCUT2D eigenvalue weighted by Crippen LogP contribution is 2.17. The van der Waals surface area contributed by atoms with Crippen LogP contribution >= 0.6 is 0 Å². The molecule has 1 aliphatic rings. The van der Waals surface area contributed by atoms with Crippen molar-refractivity contribution in [3.63, 3.8) is 0 Å². The molecule has 1 atom stereocenters. The molecule has 0 bridgehead atoms. The summed E-state index contributed by atoms with van der Waals surface area (Å²) in [5.74, 6) is 0.737. The number of anilines is 1. The first kappa shape index (κ1) is 12.7. The number of nitrogens with zero attached hydrogens (tertiary/aromatic N) is 1. The molecule has 1 saturated heterocycles. The zero-order valence-corrected chi connectivity index (χ0v) is 10.8. The van der Waals surface area contributed by atoms with Crippen LogP contribution in [0.1, 0.15) is 6.92 Å². The standard InChI is InChI=1S/C13H19N3O2/c1-10-9-16(7-6-14-10)13(17)15-11-4-3-5-12(8-11)18-2/h3-5,8,10,14H,6-7,9H2,1-2H3,(H,15,17)/t10-/m0/s1. The summed E-state index contributed by atoms with van der Waals surface area (Å²) in [4.78, 5) is 13.9. The van der Waals surface area contributed by atoms with E-state index in [1.165, 1.54) is 0 Å². The Morgan fingerprint density at radius 3 is 3.11 bits per heavy atom. The van der Waals surface area contributed by atoms with Gasteiger partial charge in [-0.1, -0.05) is 6.07 Å². The van der Waals surface area contributed by atoms with Crippen LogP contribution in [0.2, 0.25) is 0 Å². The van der Waals surface area contributed by atoms with Crippen molar-refractivity contribution in [3.05, 3.63) is 24.3 Å². The third-order valence-corrected chi connectivity index (χ3v) is 2.98. The number of hydrogen-bond acceptors (Lipinski definition) is 3. The van der Waals surface area contributed by atoms with E-state index in [0.717, 1.165) is 31.1 Å². The third kappa shape index (κ3) is 3.13. The van der Waals surface area contributed by atoms with E-state index in [2.05, 4.69) is 17.6 Å². The lowest BCUT2D eigenvalue weighted by Crippen LogP contribution is -2.52. The molecule has 2 N–H and O–H groups in total. The smallest absolute Gasteiger partial charge is 0.321 e. The summed E-state index contributed by atoms with van der Waals surface area (Å²) in [6.45, 7) is 4.38. The lowest BCUT2D eigenvalue weighted by Gasteiger charge is -2.31. The third-order valence-electron chi connectivity index (χ3n) is 2.98. The minimum atomic E-state index is -0.0587. The van der Waals surface area contributed by atoms with Gasteiger partial charge in [-0.25, -0.2) is 4.79 Å². The Morgan fingerprint density at radius 2 is 2.39 bits per heavy atom. The second kappa shape index (κ2) is 5.73. The maximum Gasteiger partial charge on any atom is 0.321 e. The number of piperazine rings is 1. The fourth-order valence-corrected chi connectivity index (χ4v) is 2.02. The molecule has 1 aromatic carbocycles. The van der Waals surface area contributed by atoms with Gasteiger partial charge in [0.1, 0.15) is 5.75 Å². The second-order valence-electron chi connectivity index (χ2n) is 4.46. The first-order chi connectivity index (χ1) is 8.69. The van der Waals surface area contributed by atoms with E-state index < -0.39 is 0 Å². The molecule has 0 radical (unpaired) electrons. The van der Waals surface area contributed by atoms with Gasteiger partial charge in [-0.3, -0.25) is 0 Å². The Balaban J connectivity index is 1.97. The van der Waals surface area contributed by atoms with Crippen molar-refractivity contribution in [2.45, 2.75) is 13.0 Å². The van der Waals surface area contributed by atoms with E-state index >= 15 is 0 Å². The predicted molar refractivity (Wildman–Crippen MR) is 71.1 cm³/mol. The van der Waals surface area contributed by atoms with Gasteiger partial charge in [0.2, 0.25) is 0 Å². The van der Waals surface area contributed by atoms with Crippen LogP contribution in [0.15, 0.2) is 24.3 Å². The fraction of sp³-hybridized carbons (Fsp3) is 0.462. The molecule has 5 heteroatoms. The summed E-state index contributed by atoms with van der Waals surface area (Å²) in [5, 5.41) is 6.19. The number of carbonyl (C=O) groups excluding carboxylic acids is 1. The molecule has 0 aromatic heterocycles. The summed E-state index contributed by atoms with van der Waals surface area (Å²) in [7, 11) is 1.61. The molecule has 98 valence electrons. The van der Waals surface area contributed by atoms with Crippen LogP contribution in [0.25, 0.3) is 0 Å². The number of urea groups is 1. The molecule has 0 saturated carbocycles. The van der Waals surface area contributed by atoms with Gasteiger partial charge in [-0.2, -0.15) is 0 Å². The van der Waals surface area contributed by atoms with Gasteiger partial charge >= 0.3 is 6.03 Å². The lowest BCUT2D eigenvalue weighted by atomic mass is 10.2. The molecule has 5 nitrogen and oxygen atoms in total. The number of methoxy groups -OCH3 is 1. The minimum Gasteiger partial charge on any atom is -0.497 e. The van der Waals surface area contributed by atoms with Crippen LogP contribution in [0, 0.1) is 0 Å². The van der Waals surface area contributed by atoms with Gasteiger partial charge in [0.05, 0.1) is 7.11 Å². The fourth-order valence-electron chi connectivity index (χ4n) is 2.02. The first-order valence-electron chi connectivity index (χ1n) is 6.12. The Bertz CT molecular complexity index is 422. The van der Waals surface area contributed by atoms with E-state index in [-0.39, 0.29) is 6.03 Å².